The van der Waals surface area contributed by atoms with Crippen molar-refractivity contribution in [2.45, 2.75) is 24.9 Å². The third kappa shape index (κ3) is 3.12. The molecule has 0 unspecified atom stereocenters. The van der Waals surface area contributed by atoms with Crippen LogP contribution in [0.2, 0.25) is 0 Å². The van der Waals surface area contributed by atoms with Crippen LogP contribution in [0.4, 0.5) is 0 Å². The van der Waals surface area contributed by atoms with E-state index in [1.807, 2.05) is 0 Å². The standard InChI is InChI=1S/C17H20O6/c1-17(21)9-11(18)13(15(19)22-2)12(14(17)16(20)23-3)10-7-5-4-6-8-10/h4-8,12-14,21H,9H2,1-3H3/t12-,13-,14-,17-/m1/s1. The summed E-state index contributed by atoms with van der Waals surface area (Å²) in [7, 11) is 2.40. The van der Waals surface area contributed by atoms with Gasteiger partial charge in [-0.2, -0.15) is 0 Å². The molecule has 6 nitrogen and oxygen atoms in total. The topological polar surface area (TPSA) is 89.9 Å². The summed E-state index contributed by atoms with van der Waals surface area (Å²) in [5.74, 6) is -4.86. The van der Waals surface area contributed by atoms with Crippen LogP contribution in [0, 0.1) is 11.8 Å². The Bertz CT molecular complexity index is 607. The summed E-state index contributed by atoms with van der Waals surface area (Å²) in [5.41, 5.74) is -0.999. The van der Waals surface area contributed by atoms with E-state index >= 15 is 0 Å². The van der Waals surface area contributed by atoms with Gasteiger partial charge in [0.25, 0.3) is 0 Å². The van der Waals surface area contributed by atoms with E-state index in [0.29, 0.717) is 5.56 Å². The number of methoxy groups -OCH3 is 2. The molecule has 0 radical (unpaired) electrons. The highest BCUT2D eigenvalue weighted by Crippen LogP contribution is 2.46. The lowest BCUT2D eigenvalue weighted by molar-refractivity contribution is -0.170. The van der Waals surface area contributed by atoms with Crippen molar-refractivity contribution in [3.05, 3.63) is 35.9 Å². The number of benzene rings is 1. The minimum Gasteiger partial charge on any atom is -0.469 e. The molecule has 4 atom stereocenters. The van der Waals surface area contributed by atoms with E-state index in [1.165, 1.54) is 21.1 Å². The first-order valence-corrected chi connectivity index (χ1v) is 7.29. The monoisotopic (exact) mass is 320 g/mol. The molecule has 0 aromatic heterocycles. The molecular weight excluding hydrogens is 300 g/mol. The zero-order valence-electron chi connectivity index (χ0n) is 13.3. The van der Waals surface area contributed by atoms with Gasteiger partial charge in [-0.1, -0.05) is 30.3 Å². The maximum Gasteiger partial charge on any atom is 0.316 e. The molecule has 1 N–H and O–H groups in total. The van der Waals surface area contributed by atoms with Crippen molar-refractivity contribution < 1.29 is 29.0 Å². The van der Waals surface area contributed by atoms with Gasteiger partial charge in [-0.15, -0.1) is 0 Å². The summed E-state index contributed by atoms with van der Waals surface area (Å²) in [6.07, 6.45) is -0.310. The zero-order chi connectivity index (χ0) is 17.2. The summed E-state index contributed by atoms with van der Waals surface area (Å²) in [5, 5.41) is 10.6. The maximum atomic E-state index is 12.4. The smallest absolute Gasteiger partial charge is 0.316 e. The first-order chi connectivity index (χ1) is 10.8. The summed E-state index contributed by atoms with van der Waals surface area (Å²) in [4.78, 5) is 36.9. The van der Waals surface area contributed by atoms with Gasteiger partial charge in [-0.05, 0) is 12.5 Å². The molecule has 0 amide bonds. The Balaban J connectivity index is 2.61. The summed E-state index contributed by atoms with van der Waals surface area (Å²) in [6.45, 7) is 1.41. The van der Waals surface area contributed by atoms with Crippen molar-refractivity contribution in [2.24, 2.45) is 11.8 Å². The average Bonchev–Trinajstić information content (AvgIpc) is 2.52. The van der Waals surface area contributed by atoms with Gasteiger partial charge in [0.05, 0.1) is 25.7 Å². The Morgan fingerprint density at radius 2 is 1.70 bits per heavy atom. The molecule has 0 saturated heterocycles. The van der Waals surface area contributed by atoms with E-state index in [4.69, 9.17) is 9.47 Å². The Labute approximate surface area is 134 Å². The first kappa shape index (κ1) is 17.1. The highest BCUT2D eigenvalue weighted by Gasteiger charge is 2.56. The largest absolute Gasteiger partial charge is 0.469 e. The molecule has 0 aliphatic heterocycles. The molecule has 23 heavy (non-hydrogen) atoms. The Morgan fingerprint density at radius 3 is 2.22 bits per heavy atom. The molecule has 124 valence electrons. The minimum atomic E-state index is -1.60. The second-order valence-corrected chi connectivity index (χ2v) is 5.94. The van der Waals surface area contributed by atoms with Crippen LogP contribution < -0.4 is 0 Å². The van der Waals surface area contributed by atoms with E-state index in [2.05, 4.69) is 0 Å². The van der Waals surface area contributed by atoms with Gasteiger partial charge in [-0.3, -0.25) is 14.4 Å². The summed E-state index contributed by atoms with van der Waals surface area (Å²) in [6, 6.07) is 8.70. The van der Waals surface area contributed by atoms with Gasteiger partial charge in [0, 0.05) is 12.3 Å². The van der Waals surface area contributed by atoms with Crippen LogP contribution in [-0.2, 0) is 23.9 Å². The maximum absolute atomic E-state index is 12.4. The van der Waals surface area contributed by atoms with Crippen molar-refractivity contribution >= 4 is 17.7 Å². The van der Waals surface area contributed by atoms with E-state index in [-0.39, 0.29) is 6.42 Å². The van der Waals surface area contributed by atoms with Crippen LogP contribution in [0.5, 0.6) is 0 Å². The van der Waals surface area contributed by atoms with Crippen molar-refractivity contribution in [3.8, 4) is 0 Å². The third-order valence-electron chi connectivity index (χ3n) is 4.36. The van der Waals surface area contributed by atoms with Gasteiger partial charge >= 0.3 is 11.9 Å². The predicted octanol–water partition coefficient (Wildman–Crippen LogP) is 1.07. The van der Waals surface area contributed by atoms with E-state index in [9.17, 15) is 19.5 Å². The highest BCUT2D eigenvalue weighted by molar-refractivity contribution is 6.02. The number of esters is 2. The summed E-state index contributed by atoms with van der Waals surface area (Å²) < 4.78 is 9.56. The molecule has 0 heterocycles. The number of ketones is 1. The normalized spacial score (nSPS) is 30.6. The molecule has 1 fully saturated rings. The van der Waals surface area contributed by atoms with Gasteiger partial charge in [0.1, 0.15) is 5.92 Å². The molecule has 6 heteroatoms. The first-order valence-electron chi connectivity index (χ1n) is 7.29. The molecule has 1 aliphatic carbocycles. The van der Waals surface area contributed by atoms with Gasteiger partial charge in [0.15, 0.2) is 5.78 Å². The minimum absolute atomic E-state index is 0.310. The van der Waals surface area contributed by atoms with Crippen LogP contribution in [0.3, 0.4) is 0 Å². The number of hydrogen-bond donors (Lipinski definition) is 1. The molecule has 1 saturated carbocycles. The third-order valence-corrected chi connectivity index (χ3v) is 4.36. The van der Waals surface area contributed by atoms with Gasteiger partial charge in [-0.25, -0.2) is 0 Å². The lowest BCUT2D eigenvalue weighted by Gasteiger charge is -2.43. The quantitative estimate of drug-likeness (QED) is 0.662. The van der Waals surface area contributed by atoms with Crippen LogP contribution in [0.15, 0.2) is 30.3 Å². The predicted molar refractivity (Wildman–Crippen MR) is 80.4 cm³/mol. The molecular formula is C17H20O6. The zero-order valence-corrected chi connectivity index (χ0v) is 13.3. The number of aliphatic hydroxyl groups is 1. The fraction of sp³-hybridized carbons (Fsp3) is 0.471. The number of rotatable bonds is 3. The molecule has 0 bridgehead atoms. The molecule has 1 aromatic rings. The Kier molecular flexibility index (Phi) is 4.85. The second kappa shape index (κ2) is 6.50. The van der Waals surface area contributed by atoms with Crippen LogP contribution in [0.1, 0.15) is 24.8 Å². The summed E-state index contributed by atoms with van der Waals surface area (Å²) >= 11 is 0. The van der Waals surface area contributed by atoms with E-state index in [1.54, 1.807) is 30.3 Å². The Hall–Kier alpha value is -2.21. The fourth-order valence-electron chi connectivity index (χ4n) is 3.34. The molecule has 0 spiro atoms. The second-order valence-electron chi connectivity index (χ2n) is 5.94. The molecule has 2 rings (SSSR count). The highest BCUT2D eigenvalue weighted by atomic mass is 16.5. The van der Waals surface area contributed by atoms with Gasteiger partial charge < -0.3 is 14.6 Å². The lowest BCUT2D eigenvalue weighted by atomic mass is 9.62. The van der Waals surface area contributed by atoms with Gasteiger partial charge in [0.2, 0.25) is 0 Å². The number of Topliss-reactive ketones (excluding diaryl/α,β-unsaturated/α-hetero) is 1. The van der Waals surface area contributed by atoms with Crippen LogP contribution >= 0.6 is 0 Å². The van der Waals surface area contributed by atoms with Crippen LogP contribution in [-0.4, -0.2) is 42.6 Å². The lowest BCUT2D eigenvalue weighted by Crippen LogP contribution is -2.55. The van der Waals surface area contributed by atoms with Crippen molar-refractivity contribution in [1.29, 1.82) is 0 Å². The SMILES string of the molecule is COC(=O)[C@@H]1C(=O)C[C@@](C)(O)[C@@H](C(=O)OC)[C@@H]1c1ccccc1. The number of carbonyl (C=O) groups is 3. The fourth-order valence-corrected chi connectivity index (χ4v) is 3.34. The number of hydrogen-bond acceptors (Lipinski definition) is 6. The van der Waals surface area contributed by atoms with Crippen molar-refractivity contribution in [3.63, 3.8) is 0 Å². The number of carbonyl (C=O) groups excluding carboxylic acids is 3. The number of ether oxygens (including phenoxy) is 2. The van der Waals surface area contributed by atoms with Crippen molar-refractivity contribution in [1.82, 2.24) is 0 Å². The molecule has 1 aliphatic rings. The van der Waals surface area contributed by atoms with E-state index < -0.39 is 41.1 Å². The Morgan fingerprint density at radius 1 is 1.13 bits per heavy atom. The average molecular weight is 320 g/mol. The van der Waals surface area contributed by atoms with Crippen LogP contribution in [0.25, 0.3) is 0 Å². The molecule has 1 aromatic carbocycles. The van der Waals surface area contributed by atoms with E-state index in [0.717, 1.165) is 0 Å². The van der Waals surface area contributed by atoms with Crippen molar-refractivity contribution in [2.75, 3.05) is 14.2 Å².